The van der Waals surface area contributed by atoms with Crippen LogP contribution in [0.25, 0.3) is 0 Å². The van der Waals surface area contributed by atoms with E-state index in [4.69, 9.17) is 5.73 Å². The number of thiocarbonyl (C=S) groups is 1. The van der Waals surface area contributed by atoms with Gasteiger partial charge in [-0.05, 0) is 34.2 Å². The monoisotopic (exact) mass is 275 g/mol. The number of nitrogens with two attached hydrogens (primary N) is 1. The highest BCUT2D eigenvalue weighted by molar-refractivity contribution is 9.10. The number of hydrogen-bond acceptors (Lipinski definition) is 3. The van der Waals surface area contributed by atoms with Crippen LogP contribution in [0.3, 0.4) is 0 Å². The number of nitrogens with zero attached hydrogens (tertiary/aromatic N) is 1. The highest BCUT2D eigenvalue weighted by atomic mass is 79.9. The number of anilines is 1. The molecule has 7 heteroatoms. The molecular formula is C7H6BrN3O2S. The summed E-state index contributed by atoms with van der Waals surface area (Å²) in [5, 5.41) is 13.2. The Balaban J connectivity index is 3.01. The second-order valence-electron chi connectivity index (χ2n) is 2.41. The number of nitrogens with one attached hydrogen (secondary N) is 1. The van der Waals surface area contributed by atoms with Gasteiger partial charge >= 0.3 is 0 Å². The molecule has 1 aromatic rings. The summed E-state index contributed by atoms with van der Waals surface area (Å²) in [5.41, 5.74) is 5.86. The summed E-state index contributed by atoms with van der Waals surface area (Å²) >= 11 is 7.80. The predicted octanol–water partition coefficient (Wildman–Crippen LogP) is 2.01. The van der Waals surface area contributed by atoms with E-state index < -0.39 is 4.92 Å². The molecule has 14 heavy (non-hydrogen) atoms. The lowest BCUT2D eigenvalue weighted by Crippen LogP contribution is -2.19. The molecule has 1 aromatic carbocycles. The van der Waals surface area contributed by atoms with Crippen molar-refractivity contribution in [2.24, 2.45) is 5.73 Å². The number of nitro groups is 1. The van der Waals surface area contributed by atoms with Crippen LogP contribution in [0.5, 0.6) is 0 Å². The van der Waals surface area contributed by atoms with Crippen LogP contribution in [0.15, 0.2) is 22.7 Å². The summed E-state index contributed by atoms with van der Waals surface area (Å²) in [5.74, 6) is 0. The molecule has 1 rings (SSSR count). The fourth-order valence-corrected chi connectivity index (χ4v) is 1.43. The van der Waals surface area contributed by atoms with Gasteiger partial charge in [0.1, 0.15) is 0 Å². The third kappa shape index (κ3) is 2.64. The van der Waals surface area contributed by atoms with Gasteiger partial charge < -0.3 is 11.1 Å². The molecule has 0 fully saturated rings. The molecule has 0 unspecified atom stereocenters. The normalized spacial score (nSPS) is 9.50. The topological polar surface area (TPSA) is 81.2 Å². The first-order valence-corrected chi connectivity index (χ1v) is 4.71. The van der Waals surface area contributed by atoms with Gasteiger partial charge in [-0.2, -0.15) is 0 Å². The molecule has 0 saturated heterocycles. The summed E-state index contributed by atoms with van der Waals surface area (Å²) in [6.45, 7) is 0. The molecule has 74 valence electrons. The zero-order valence-electron chi connectivity index (χ0n) is 6.86. The van der Waals surface area contributed by atoms with Crippen molar-refractivity contribution in [2.45, 2.75) is 0 Å². The van der Waals surface area contributed by atoms with Gasteiger partial charge in [-0.15, -0.1) is 0 Å². The Hall–Kier alpha value is -1.21. The second kappa shape index (κ2) is 4.34. The summed E-state index contributed by atoms with van der Waals surface area (Å²) < 4.78 is 0.541. The Morgan fingerprint density at radius 3 is 2.71 bits per heavy atom. The minimum absolute atomic E-state index is 0.00497. The van der Waals surface area contributed by atoms with Crippen LogP contribution >= 0.6 is 28.1 Å². The smallest absolute Gasteiger partial charge is 0.270 e. The highest BCUT2D eigenvalue weighted by Crippen LogP contribution is 2.26. The van der Waals surface area contributed by atoms with Crippen LogP contribution < -0.4 is 11.1 Å². The number of hydrogen-bond donors (Lipinski definition) is 2. The molecule has 0 amide bonds. The van der Waals surface area contributed by atoms with Crippen molar-refractivity contribution in [3.8, 4) is 0 Å². The van der Waals surface area contributed by atoms with Crippen molar-refractivity contribution in [1.82, 2.24) is 0 Å². The van der Waals surface area contributed by atoms with Gasteiger partial charge in [0.15, 0.2) is 5.11 Å². The molecule has 0 aliphatic heterocycles. The van der Waals surface area contributed by atoms with Crippen LogP contribution in [-0.2, 0) is 0 Å². The van der Waals surface area contributed by atoms with Gasteiger partial charge in [0.05, 0.1) is 10.6 Å². The Labute approximate surface area is 93.6 Å². The average Bonchev–Trinajstić information content (AvgIpc) is 2.07. The summed E-state index contributed by atoms with van der Waals surface area (Å²) in [4.78, 5) is 9.92. The molecule has 0 atom stereocenters. The van der Waals surface area contributed by atoms with E-state index in [0.717, 1.165) is 0 Å². The molecule has 0 aliphatic rings. The number of benzene rings is 1. The fourth-order valence-electron chi connectivity index (χ4n) is 0.852. The van der Waals surface area contributed by atoms with Crippen LogP contribution in [0.4, 0.5) is 11.4 Å². The molecular weight excluding hydrogens is 270 g/mol. The van der Waals surface area contributed by atoms with Crippen molar-refractivity contribution in [3.05, 3.63) is 32.8 Å². The van der Waals surface area contributed by atoms with E-state index >= 15 is 0 Å². The number of nitro benzene ring substituents is 1. The van der Waals surface area contributed by atoms with E-state index in [1.54, 1.807) is 0 Å². The summed E-state index contributed by atoms with van der Waals surface area (Å²) in [6.07, 6.45) is 0. The Morgan fingerprint density at radius 1 is 1.64 bits per heavy atom. The maximum absolute atomic E-state index is 10.4. The Morgan fingerprint density at radius 2 is 2.29 bits per heavy atom. The van der Waals surface area contributed by atoms with Gasteiger partial charge in [-0.1, -0.05) is 0 Å². The van der Waals surface area contributed by atoms with Crippen LogP contribution in [0, 0.1) is 10.1 Å². The number of halogens is 1. The number of rotatable bonds is 2. The average molecular weight is 276 g/mol. The van der Waals surface area contributed by atoms with Gasteiger partial charge in [0.2, 0.25) is 0 Å². The quantitative estimate of drug-likeness (QED) is 0.490. The van der Waals surface area contributed by atoms with E-state index in [-0.39, 0.29) is 10.8 Å². The summed E-state index contributed by atoms with van der Waals surface area (Å²) in [7, 11) is 0. The maximum Gasteiger partial charge on any atom is 0.270 e. The van der Waals surface area contributed by atoms with E-state index in [9.17, 15) is 10.1 Å². The third-order valence-electron chi connectivity index (χ3n) is 1.42. The first-order chi connectivity index (χ1) is 6.50. The van der Waals surface area contributed by atoms with E-state index in [1.165, 1.54) is 18.2 Å². The second-order valence-corrected chi connectivity index (χ2v) is 3.70. The third-order valence-corrected chi connectivity index (χ3v) is 2.18. The molecule has 0 aromatic heterocycles. The molecule has 0 radical (unpaired) electrons. The minimum atomic E-state index is -0.477. The first-order valence-electron chi connectivity index (χ1n) is 3.51. The molecule has 5 nitrogen and oxygen atoms in total. The zero-order valence-corrected chi connectivity index (χ0v) is 9.26. The van der Waals surface area contributed by atoms with Gasteiger partial charge in [0, 0.05) is 16.6 Å². The Bertz CT molecular complexity index is 397. The van der Waals surface area contributed by atoms with E-state index in [2.05, 4.69) is 33.5 Å². The van der Waals surface area contributed by atoms with Crippen molar-refractivity contribution < 1.29 is 4.92 Å². The van der Waals surface area contributed by atoms with Crippen LogP contribution in [0.2, 0.25) is 0 Å². The SMILES string of the molecule is NC(=S)Nc1ccc([N+](=O)[O-])cc1Br. The van der Waals surface area contributed by atoms with Crippen LogP contribution in [-0.4, -0.2) is 10.0 Å². The van der Waals surface area contributed by atoms with Crippen molar-refractivity contribution in [3.63, 3.8) is 0 Å². The Kier molecular flexibility index (Phi) is 3.37. The zero-order chi connectivity index (χ0) is 10.7. The maximum atomic E-state index is 10.4. The lowest BCUT2D eigenvalue weighted by atomic mass is 10.3. The molecule has 0 saturated carbocycles. The lowest BCUT2D eigenvalue weighted by Gasteiger charge is -2.05. The standard InChI is InChI=1S/C7H6BrN3O2S/c8-5-3-4(11(12)13)1-2-6(5)10-7(9)14/h1-3H,(H3,9,10,14). The fraction of sp³-hybridized carbons (Fsp3) is 0. The van der Waals surface area contributed by atoms with E-state index in [0.29, 0.717) is 10.2 Å². The van der Waals surface area contributed by atoms with Crippen molar-refractivity contribution in [2.75, 3.05) is 5.32 Å². The van der Waals surface area contributed by atoms with Gasteiger partial charge in [-0.3, -0.25) is 10.1 Å². The predicted molar refractivity (Wildman–Crippen MR) is 61.2 cm³/mol. The molecule has 3 N–H and O–H groups in total. The summed E-state index contributed by atoms with van der Waals surface area (Å²) in [6, 6.07) is 4.27. The molecule has 0 aliphatic carbocycles. The largest absolute Gasteiger partial charge is 0.376 e. The lowest BCUT2D eigenvalue weighted by molar-refractivity contribution is -0.384. The van der Waals surface area contributed by atoms with Crippen molar-refractivity contribution >= 4 is 44.6 Å². The van der Waals surface area contributed by atoms with Gasteiger partial charge in [0.25, 0.3) is 5.69 Å². The van der Waals surface area contributed by atoms with Gasteiger partial charge in [-0.25, -0.2) is 0 Å². The first kappa shape index (κ1) is 10.9. The molecule has 0 spiro atoms. The molecule has 0 bridgehead atoms. The van der Waals surface area contributed by atoms with Crippen LogP contribution in [0.1, 0.15) is 0 Å². The number of non-ortho nitro benzene ring substituents is 1. The van der Waals surface area contributed by atoms with E-state index in [1.807, 2.05) is 0 Å². The minimum Gasteiger partial charge on any atom is -0.376 e. The highest BCUT2D eigenvalue weighted by Gasteiger charge is 2.08. The molecule has 0 heterocycles. The van der Waals surface area contributed by atoms with Crippen molar-refractivity contribution in [1.29, 1.82) is 0 Å².